The van der Waals surface area contributed by atoms with Crippen LogP contribution in [0.4, 0.5) is 0 Å². The van der Waals surface area contributed by atoms with E-state index in [9.17, 15) is 4.79 Å². The van der Waals surface area contributed by atoms with Crippen LogP contribution < -0.4 is 16.0 Å². The maximum Gasteiger partial charge on any atom is 0.233 e. The number of rotatable bonds is 7. The molecule has 0 bridgehead atoms. The molecule has 1 aromatic carbocycles. The Labute approximate surface area is 129 Å². The minimum atomic E-state index is -0.141. The lowest BCUT2D eigenvalue weighted by Gasteiger charge is -2.12. The Kier molecular flexibility index (Phi) is 7.13. The number of halogens is 2. The molecule has 0 atom stereocenters. The maximum atomic E-state index is 10.9. The van der Waals surface area contributed by atoms with Gasteiger partial charge in [0, 0.05) is 11.4 Å². The van der Waals surface area contributed by atoms with Crippen molar-refractivity contribution in [2.24, 2.45) is 5.84 Å². The van der Waals surface area contributed by atoms with Crippen molar-refractivity contribution < 1.29 is 9.53 Å². The van der Waals surface area contributed by atoms with Crippen molar-refractivity contribution in [3.8, 4) is 5.75 Å². The number of hydrazine groups is 1. The van der Waals surface area contributed by atoms with Crippen molar-refractivity contribution in [2.45, 2.75) is 39.5 Å². The second kappa shape index (κ2) is 8.35. The quantitative estimate of drug-likeness (QED) is 0.350. The van der Waals surface area contributed by atoms with Crippen molar-refractivity contribution >= 4 is 29.1 Å². The van der Waals surface area contributed by atoms with E-state index in [0.29, 0.717) is 28.8 Å². The highest BCUT2D eigenvalue weighted by atomic mass is 35.5. The Balaban J connectivity index is 2.38. The van der Waals surface area contributed by atoms with E-state index in [4.69, 9.17) is 33.8 Å². The number of ether oxygens (including phenoxy) is 1. The largest absolute Gasteiger partial charge is 0.492 e. The second-order valence-corrected chi connectivity index (χ2v) is 5.43. The average Bonchev–Trinajstić information content (AvgIpc) is 2.45. The predicted molar refractivity (Wildman–Crippen MR) is 82.2 cm³/mol. The van der Waals surface area contributed by atoms with Crippen molar-refractivity contribution in [2.75, 3.05) is 6.61 Å². The van der Waals surface area contributed by atoms with Crippen molar-refractivity contribution in [1.82, 2.24) is 5.43 Å². The third-order valence-electron chi connectivity index (χ3n) is 3.04. The Morgan fingerprint density at radius 1 is 1.25 bits per heavy atom. The average molecular weight is 319 g/mol. The van der Waals surface area contributed by atoms with Crippen molar-refractivity contribution in [3.63, 3.8) is 0 Å². The van der Waals surface area contributed by atoms with Crippen LogP contribution in [-0.2, 0) is 4.79 Å². The zero-order valence-electron chi connectivity index (χ0n) is 11.8. The van der Waals surface area contributed by atoms with Crippen LogP contribution in [0.25, 0.3) is 0 Å². The Morgan fingerprint density at radius 2 is 1.95 bits per heavy atom. The molecule has 1 amide bonds. The molecule has 0 aliphatic rings. The number of unbranched alkanes of at least 4 members (excludes halogenated alkanes) is 2. The van der Waals surface area contributed by atoms with Crippen LogP contribution in [0.15, 0.2) is 6.07 Å². The summed E-state index contributed by atoms with van der Waals surface area (Å²) in [5.41, 5.74) is 3.89. The zero-order chi connectivity index (χ0) is 15.1. The van der Waals surface area contributed by atoms with Gasteiger partial charge in [-0.2, -0.15) is 0 Å². The molecule has 4 nitrogen and oxygen atoms in total. The lowest BCUT2D eigenvalue weighted by molar-refractivity contribution is -0.121. The van der Waals surface area contributed by atoms with Gasteiger partial charge in [0.05, 0.1) is 11.6 Å². The molecule has 0 saturated heterocycles. The Bertz CT molecular complexity index is 479. The summed E-state index contributed by atoms with van der Waals surface area (Å²) < 4.78 is 5.67. The molecule has 0 aliphatic heterocycles. The fraction of sp³-hybridized carbons (Fsp3) is 0.500. The third-order valence-corrected chi connectivity index (χ3v) is 4.09. The molecular formula is C14H20Cl2N2O2. The monoisotopic (exact) mass is 318 g/mol. The standard InChI is InChI=1S/C14H20Cl2N2O2/c1-9-8-11(14(16)10(2)13(9)15)20-7-5-3-4-6-12(19)18-17/h8H,3-7,17H2,1-2H3,(H,18,19). The molecule has 112 valence electrons. The van der Waals surface area contributed by atoms with Gasteiger partial charge in [-0.1, -0.05) is 23.2 Å². The molecule has 0 saturated carbocycles. The molecular weight excluding hydrogens is 299 g/mol. The molecule has 3 N–H and O–H groups in total. The van der Waals surface area contributed by atoms with Crippen LogP contribution in [0, 0.1) is 13.8 Å². The fourth-order valence-electron chi connectivity index (χ4n) is 1.82. The van der Waals surface area contributed by atoms with Crippen molar-refractivity contribution in [3.05, 3.63) is 27.2 Å². The molecule has 0 aliphatic carbocycles. The molecule has 0 unspecified atom stereocenters. The summed E-state index contributed by atoms with van der Waals surface area (Å²) >= 11 is 12.3. The smallest absolute Gasteiger partial charge is 0.233 e. The van der Waals surface area contributed by atoms with Crippen LogP contribution in [0.1, 0.15) is 36.8 Å². The number of hydrogen-bond acceptors (Lipinski definition) is 3. The van der Waals surface area contributed by atoms with Gasteiger partial charge in [-0.05, 0) is 50.3 Å². The number of amides is 1. The van der Waals surface area contributed by atoms with Gasteiger partial charge in [-0.25, -0.2) is 5.84 Å². The number of aryl methyl sites for hydroxylation is 1. The number of hydrogen-bond donors (Lipinski definition) is 2. The summed E-state index contributed by atoms with van der Waals surface area (Å²) in [5, 5.41) is 1.23. The molecule has 6 heteroatoms. The maximum absolute atomic E-state index is 10.9. The topological polar surface area (TPSA) is 64.3 Å². The Morgan fingerprint density at radius 3 is 2.60 bits per heavy atom. The van der Waals surface area contributed by atoms with Gasteiger partial charge in [0.2, 0.25) is 5.91 Å². The predicted octanol–water partition coefficient (Wildman–Crippen LogP) is 3.54. The fourth-order valence-corrected chi connectivity index (χ4v) is 2.23. The minimum absolute atomic E-state index is 0.141. The van der Waals surface area contributed by atoms with E-state index >= 15 is 0 Å². The number of nitrogens with one attached hydrogen (secondary N) is 1. The summed E-state index contributed by atoms with van der Waals surface area (Å²) in [5.74, 6) is 5.51. The van der Waals surface area contributed by atoms with E-state index in [1.807, 2.05) is 19.9 Å². The van der Waals surface area contributed by atoms with E-state index in [1.54, 1.807) is 0 Å². The lowest BCUT2D eigenvalue weighted by Crippen LogP contribution is -2.29. The minimum Gasteiger partial charge on any atom is -0.492 e. The second-order valence-electron chi connectivity index (χ2n) is 4.67. The summed E-state index contributed by atoms with van der Waals surface area (Å²) in [6, 6.07) is 1.85. The summed E-state index contributed by atoms with van der Waals surface area (Å²) in [6.45, 7) is 4.35. The first-order chi connectivity index (χ1) is 9.47. The highest BCUT2D eigenvalue weighted by Crippen LogP contribution is 2.35. The van der Waals surface area contributed by atoms with Gasteiger partial charge >= 0.3 is 0 Å². The van der Waals surface area contributed by atoms with Gasteiger partial charge in [0.1, 0.15) is 5.75 Å². The van der Waals surface area contributed by atoms with Gasteiger partial charge in [-0.3, -0.25) is 10.2 Å². The third kappa shape index (κ3) is 4.85. The van der Waals surface area contributed by atoms with Crippen LogP contribution >= 0.6 is 23.2 Å². The molecule has 0 aromatic heterocycles. The van der Waals surface area contributed by atoms with Crippen LogP contribution in [0.5, 0.6) is 5.75 Å². The molecule has 0 spiro atoms. The van der Waals surface area contributed by atoms with Crippen LogP contribution in [0.3, 0.4) is 0 Å². The normalized spacial score (nSPS) is 10.4. The Hall–Kier alpha value is -0.970. The number of nitrogens with two attached hydrogens (primary N) is 1. The summed E-state index contributed by atoms with van der Waals surface area (Å²) in [4.78, 5) is 10.9. The molecule has 0 heterocycles. The van der Waals surface area contributed by atoms with E-state index in [0.717, 1.165) is 30.4 Å². The SMILES string of the molecule is Cc1cc(OCCCCCC(=O)NN)c(Cl)c(C)c1Cl. The molecule has 20 heavy (non-hydrogen) atoms. The first kappa shape index (κ1) is 17.1. The van der Waals surface area contributed by atoms with E-state index in [1.165, 1.54) is 0 Å². The van der Waals surface area contributed by atoms with Gasteiger partial charge in [0.15, 0.2) is 0 Å². The molecule has 1 aromatic rings. The molecule has 0 fully saturated rings. The molecule has 0 radical (unpaired) electrons. The lowest BCUT2D eigenvalue weighted by atomic mass is 10.1. The number of carbonyl (C=O) groups is 1. The van der Waals surface area contributed by atoms with E-state index < -0.39 is 0 Å². The molecule has 1 rings (SSSR count). The first-order valence-corrected chi connectivity index (χ1v) is 7.30. The van der Waals surface area contributed by atoms with Gasteiger partial charge in [0.25, 0.3) is 0 Å². The zero-order valence-corrected chi connectivity index (χ0v) is 13.3. The number of carbonyl (C=O) groups excluding carboxylic acids is 1. The van der Waals surface area contributed by atoms with Crippen LogP contribution in [0.2, 0.25) is 10.0 Å². The van der Waals surface area contributed by atoms with Crippen LogP contribution in [-0.4, -0.2) is 12.5 Å². The van der Waals surface area contributed by atoms with E-state index in [-0.39, 0.29) is 5.91 Å². The van der Waals surface area contributed by atoms with E-state index in [2.05, 4.69) is 5.43 Å². The number of benzene rings is 1. The highest BCUT2D eigenvalue weighted by Gasteiger charge is 2.11. The summed E-state index contributed by atoms with van der Waals surface area (Å²) in [6.07, 6.45) is 2.99. The summed E-state index contributed by atoms with van der Waals surface area (Å²) in [7, 11) is 0. The van der Waals surface area contributed by atoms with Crippen molar-refractivity contribution in [1.29, 1.82) is 0 Å². The van der Waals surface area contributed by atoms with Gasteiger partial charge < -0.3 is 4.74 Å². The highest BCUT2D eigenvalue weighted by molar-refractivity contribution is 6.37. The van der Waals surface area contributed by atoms with Gasteiger partial charge in [-0.15, -0.1) is 0 Å². The first-order valence-electron chi connectivity index (χ1n) is 6.54.